The van der Waals surface area contributed by atoms with E-state index in [1.54, 1.807) is 37.9 Å². The molecular formula is C28H37F3N8O4. The monoisotopic (exact) mass is 606 g/mol. The van der Waals surface area contributed by atoms with Crippen LogP contribution in [0.15, 0.2) is 24.7 Å². The summed E-state index contributed by atoms with van der Waals surface area (Å²) in [6, 6.07) is 0.724. The first kappa shape index (κ1) is 30.6. The number of ether oxygens (including phenoxy) is 1. The number of aliphatic hydroxyl groups excluding tert-OH is 1. The van der Waals surface area contributed by atoms with Gasteiger partial charge >= 0.3 is 6.09 Å². The zero-order chi connectivity index (χ0) is 30.9. The maximum atomic E-state index is 14.7. The molecule has 4 heterocycles. The highest BCUT2D eigenvalue weighted by Gasteiger charge is 2.33. The van der Waals surface area contributed by atoms with Crippen molar-refractivity contribution in [1.29, 1.82) is 0 Å². The van der Waals surface area contributed by atoms with Crippen molar-refractivity contribution >= 4 is 29.2 Å². The number of anilines is 2. The number of aromatic nitrogens is 5. The molecule has 12 nitrogen and oxygen atoms in total. The smallest absolute Gasteiger partial charge is 0.408 e. The first-order valence-corrected chi connectivity index (χ1v) is 14.4. The average molecular weight is 607 g/mol. The lowest BCUT2D eigenvalue weighted by Gasteiger charge is -2.36. The number of rotatable bonds is 7. The molecule has 2 atom stereocenters. The van der Waals surface area contributed by atoms with Crippen molar-refractivity contribution < 1.29 is 32.6 Å². The van der Waals surface area contributed by atoms with E-state index < -0.39 is 41.9 Å². The number of carbonyl (C=O) groups is 2. The van der Waals surface area contributed by atoms with E-state index in [4.69, 9.17) is 4.74 Å². The predicted octanol–water partition coefficient (Wildman–Crippen LogP) is 4.28. The number of alkyl carbamates (subject to hydrolysis) is 1. The van der Waals surface area contributed by atoms with E-state index in [1.807, 2.05) is 0 Å². The Hall–Kier alpha value is -3.88. The lowest BCUT2D eigenvalue weighted by molar-refractivity contribution is 0.0465. The number of halogens is 3. The summed E-state index contributed by atoms with van der Waals surface area (Å²) in [7, 11) is 0. The molecule has 0 radical (unpaired) electrons. The molecule has 1 aliphatic carbocycles. The number of amides is 2. The number of alkyl halides is 3. The quantitative estimate of drug-likeness (QED) is 0.362. The summed E-state index contributed by atoms with van der Waals surface area (Å²) >= 11 is 0. The molecule has 1 aliphatic heterocycles. The van der Waals surface area contributed by atoms with Gasteiger partial charge in [0.2, 0.25) is 0 Å². The van der Waals surface area contributed by atoms with Gasteiger partial charge in [0.15, 0.2) is 11.3 Å². The summed E-state index contributed by atoms with van der Waals surface area (Å²) in [6.45, 7) is 5.70. The van der Waals surface area contributed by atoms with E-state index in [2.05, 4.69) is 25.8 Å². The molecule has 5 rings (SSSR count). The van der Waals surface area contributed by atoms with Crippen LogP contribution >= 0.6 is 0 Å². The molecule has 3 N–H and O–H groups in total. The van der Waals surface area contributed by atoms with Crippen molar-refractivity contribution in [2.24, 2.45) is 5.92 Å². The second kappa shape index (κ2) is 12.4. The van der Waals surface area contributed by atoms with E-state index in [0.29, 0.717) is 25.2 Å². The zero-order valence-corrected chi connectivity index (χ0v) is 24.3. The Morgan fingerprint density at radius 1 is 1.19 bits per heavy atom. The molecule has 2 amide bonds. The Morgan fingerprint density at radius 3 is 2.60 bits per heavy atom. The van der Waals surface area contributed by atoms with Gasteiger partial charge in [-0.2, -0.15) is 10.2 Å². The van der Waals surface area contributed by atoms with Crippen molar-refractivity contribution in [2.45, 2.75) is 83.2 Å². The van der Waals surface area contributed by atoms with Gasteiger partial charge in [-0.1, -0.05) is 0 Å². The fraction of sp³-hybridized carbons (Fsp3) is 0.607. The van der Waals surface area contributed by atoms with Gasteiger partial charge in [0.25, 0.3) is 12.3 Å². The van der Waals surface area contributed by atoms with Crippen molar-refractivity contribution in [3.63, 3.8) is 0 Å². The highest BCUT2D eigenvalue weighted by Crippen LogP contribution is 2.35. The van der Waals surface area contributed by atoms with Crippen LogP contribution in [0.1, 0.15) is 81.4 Å². The fourth-order valence-corrected chi connectivity index (χ4v) is 5.55. The standard InChI is InChI=1S/C28H37F3N8O4/c1-28(2,3)43-27(42)34-20-13-37(10-8-19(20)29)22-9-11-38-25(35-22)18(12-32-38)26(41)33-21-14-39(36-23(21)24(30)31)17-6-4-16(15-40)5-7-17/h9,11-12,14,16-17,19-20,24,40H,4-8,10,13,15H2,1-3H3,(H,33,41)(H,34,42)/t16?,17?,19-,20-/m0/s1. The van der Waals surface area contributed by atoms with Crippen LogP contribution in [0.3, 0.4) is 0 Å². The maximum absolute atomic E-state index is 14.7. The Bertz CT molecular complexity index is 1450. The Morgan fingerprint density at radius 2 is 1.93 bits per heavy atom. The largest absolute Gasteiger partial charge is 0.444 e. The molecule has 43 heavy (non-hydrogen) atoms. The van der Waals surface area contributed by atoms with Crippen LogP contribution in [0.2, 0.25) is 0 Å². The van der Waals surface area contributed by atoms with E-state index in [1.165, 1.54) is 21.6 Å². The minimum atomic E-state index is -2.90. The molecule has 0 unspecified atom stereocenters. The summed E-state index contributed by atoms with van der Waals surface area (Å²) in [5.41, 5.74) is -1.12. The fourth-order valence-electron chi connectivity index (χ4n) is 5.55. The van der Waals surface area contributed by atoms with Gasteiger partial charge in [0, 0.05) is 32.1 Å². The number of fused-ring (bicyclic) bond motifs is 1. The lowest BCUT2D eigenvalue weighted by Crippen LogP contribution is -2.54. The molecule has 0 spiro atoms. The average Bonchev–Trinajstić information content (AvgIpc) is 3.57. The van der Waals surface area contributed by atoms with Gasteiger partial charge in [0.05, 0.1) is 24.0 Å². The maximum Gasteiger partial charge on any atom is 0.408 e. The van der Waals surface area contributed by atoms with Gasteiger partial charge in [-0.05, 0) is 64.9 Å². The van der Waals surface area contributed by atoms with Crippen molar-refractivity contribution in [2.75, 3.05) is 29.9 Å². The number of aliphatic hydroxyl groups is 1. The number of hydrogen-bond donors (Lipinski definition) is 3. The third kappa shape index (κ3) is 7.03. The van der Waals surface area contributed by atoms with Crippen molar-refractivity contribution in [3.05, 3.63) is 35.9 Å². The molecule has 3 aromatic rings. The highest BCUT2D eigenvalue weighted by atomic mass is 19.3. The van der Waals surface area contributed by atoms with E-state index >= 15 is 0 Å². The van der Waals surface area contributed by atoms with Gasteiger partial charge in [-0.15, -0.1) is 0 Å². The third-order valence-corrected chi connectivity index (χ3v) is 7.82. The van der Waals surface area contributed by atoms with Crippen molar-refractivity contribution in [1.82, 2.24) is 29.7 Å². The van der Waals surface area contributed by atoms with Crippen LogP contribution in [-0.4, -0.2) is 79.0 Å². The topological polar surface area (TPSA) is 139 Å². The molecule has 1 saturated carbocycles. The SMILES string of the molecule is CC(C)(C)OC(=O)N[C@H]1CN(c2ccn3ncc(C(=O)Nc4cn(C5CCC(CO)CC5)nc4C(F)F)c3n2)CC[C@@H]1F. The number of nitrogens with one attached hydrogen (secondary N) is 2. The molecule has 2 fully saturated rings. The number of carbonyl (C=O) groups excluding carboxylic acids is 2. The minimum absolute atomic E-state index is 0.0575. The van der Waals surface area contributed by atoms with Gasteiger partial charge in [-0.25, -0.2) is 27.5 Å². The van der Waals surface area contributed by atoms with Crippen LogP contribution in [0, 0.1) is 5.92 Å². The van der Waals surface area contributed by atoms with Crippen LogP contribution in [0.5, 0.6) is 0 Å². The minimum Gasteiger partial charge on any atom is -0.444 e. The Labute approximate surface area is 246 Å². The number of hydrogen-bond acceptors (Lipinski definition) is 8. The van der Waals surface area contributed by atoms with Gasteiger partial charge in [-0.3, -0.25) is 9.48 Å². The highest BCUT2D eigenvalue weighted by molar-refractivity contribution is 6.08. The van der Waals surface area contributed by atoms with E-state index in [-0.39, 0.29) is 48.4 Å². The van der Waals surface area contributed by atoms with Crippen molar-refractivity contribution in [3.8, 4) is 0 Å². The summed E-state index contributed by atoms with van der Waals surface area (Å²) in [4.78, 5) is 31.9. The van der Waals surface area contributed by atoms with Gasteiger partial charge < -0.3 is 25.4 Å². The lowest BCUT2D eigenvalue weighted by atomic mass is 9.87. The Balaban J connectivity index is 1.32. The van der Waals surface area contributed by atoms with Crippen LogP contribution in [0.4, 0.5) is 29.5 Å². The molecule has 2 aliphatic rings. The van der Waals surface area contributed by atoms with E-state index in [9.17, 15) is 27.9 Å². The molecule has 3 aromatic heterocycles. The number of nitrogens with zero attached hydrogens (tertiary/aromatic N) is 6. The molecule has 1 saturated heterocycles. The first-order chi connectivity index (χ1) is 20.4. The van der Waals surface area contributed by atoms with Crippen LogP contribution < -0.4 is 15.5 Å². The Kier molecular flexibility index (Phi) is 8.81. The molecular weight excluding hydrogens is 569 g/mol. The zero-order valence-electron chi connectivity index (χ0n) is 24.3. The number of piperidine rings is 1. The molecule has 0 aromatic carbocycles. The molecule has 234 valence electrons. The second-order valence-corrected chi connectivity index (χ2v) is 12.1. The normalized spacial score (nSPS) is 23.0. The summed E-state index contributed by atoms with van der Waals surface area (Å²) in [5.74, 6) is -0.0504. The predicted molar refractivity (Wildman–Crippen MR) is 151 cm³/mol. The summed E-state index contributed by atoms with van der Waals surface area (Å²) in [6.07, 6.45) is 2.47. The molecule has 0 bridgehead atoms. The third-order valence-electron chi connectivity index (χ3n) is 7.82. The van der Waals surface area contributed by atoms with Crippen LogP contribution in [0.25, 0.3) is 5.65 Å². The van der Waals surface area contributed by atoms with Gasteiger partial charge in [0.1, 0.15) is 23.2 Å². The summed E-state index contributed by atoms with van der Waals surface area (Å²) < 4.78 is 50.6. The van der Waals surface area contributed by atoms with E-state index in [0.717, 1.165) is 12.8 Å². The van der Waals surface area contributed by atoms with Crippen LogP contribution in [-0.2, 0) is 4.74 Å². The summed E-state index contributed by atoms with van der Waals surface area (Å²) in [5, 5.41) is 22.8. The second-order valence-electron chi connectivity index (χ2n) is 12.1. The first-order valence-electron chi connectivity index (χ1n) is 14.4. The molecule has 15 heteroatoms.